The zero-order chi connectivity index (χ0) is 56.8. The maximum absolute atomic E-state index is 5.32. The average molecular weight is 1310 g/mol. The van der Waals surface area contributed by atoms with Crippen LogP contribution >= 0.6 is 0 Å². The van der Waals surface area contributed by atoms with Gasteiger partial charge in [0.2, 0.25) is 0 Å². The number of benzene rings is 8. The zero-order valence-electron chi connectivity index (χ0n) is 51.5. The van der Waals surface area contributed by atoms with Crippen LogP contribution in [0, 0.1) is 46.9 Å². The van der Waals surface area contributed by atoms with E-state index in [9.17, 15) is 0 Å². The van der Waals surface area contributed by atoms with Crippen molar-refractivity contribution in [3.63, 3.8) is 0 Å². The van der Waals surface area contributed by atoms with Crippen molar-refractivity contribution in [3.8, 4) is 22.3 Å². The van der Waals surface area contributed by atoms with Gasteiger partial charge in [0.1, 0.15) is 0 Å². The normalized spacial score (nSPS) is 18.5. The molecule has 86 heavy (non-hydrogen) atoms. The van der Waals surface area contributed by atoms with Crippen LogP contribution in [-0.4, -0.2) is 77.0 Å². The number of nitrogens with zero attached hydrogens (tertiary/aromatic N) is 4. The second-order valence-corrected chi connectivity index (χ2v) is 24.3. The molecular weight excluding hydrogens is 1210 g/mol. The second-order valence-electron chi connectivity index (χ2n) is 24.3. The molecule has 4 saturated heterocycles. The summed E-state index contributed by atoms with van der Waals surface area (Å²) < 4.78 is 19.8. The Labute approximate surface area is 565 Å². The van der Waals surface area contributed by atoms with Crippen LogP contribution in [0.2, 0.25) is 0 Å². The Morgan fingerprint density at radius 1 is 0.233 bits per heavy atom. The molecule has 0 unspecified atom stereocenters. The molecule has 8 nitrogen and oxygen atoms in total. The summed E-state index contributed by atoms with van der Waals surface area (Å²) >= 11 is 0. The number of ether oxygens (including phenoxy) is 4. The molecular formula is C76H92LiN4O4Yb. The van der Waals surface area contributed by atoms with Gasteiger partial charge >= 0.3 is 65.8 Å². The molecule has 8 aromatic carbocycles. The van der Waals surface area contributed by atoms with E-state index in [4.69, 9.17) is 40.2 Å². The summed E-state index contributed by atoms with van der Waals surface area (Å²) in [4.78, 5) is 0. The first-order valence-corrected chi connectivity index (χ1v) is 33.0. The minimum absolute atomic E-state index is 0. The van der Waals surface area contributed by atoms with E-state index in [-0.39, 0.29) is 65.8 Å². The summed E-state index contributed by atoms with van der Waals surface area (Å²) in [5, 5.41) is 31.5. The fourth-order valence-corrected chi connectivity index (χ4v) is 13.5. The summed E-state index contributed by atoms with van der Waals surface area (Å²) in [6.45, 7) is 8.00. The Bertz CT molecular complexity index is 2810. The van der Waals surface area contributed by atoms with E-state index < -0.39 is 0 Å². The number of hydrogen-bond acceptors (Lipinski definition) is 4. The molecule has 0 aromatic heterocycles. The molecule has 8 aromatic rings. The molecule has 8 aliphatic rings. The van der Waals surface area contributed by atoms with Crippen molar-refractivity contribution >= 4 is 65.8 Å². The third-order valence-electron chi connectivity index (χ3n) is 18.0. The second kappa shape index (κ2) is 36.0. The molecule has 8 fully saturated rings. The Morgan fingerprint density at radius 2 is 0.419 bits per heavy atom. The van der Waals surface area contributed by atoms with Gasteiger partial charge < -0.3 is 40.2 Å². The third-order valence-corrected chi connectivity index (χ3v) is 18.0. The molecule has 10 heteroatoms. The maximum atomic E-state index is 5.32. The van der Waals surface area contributed by atoms with Crippen molar-refractivity contribution in [1.29, 1.82) is 0 Å². The molecule has 455 valence electrons. The first-order chi connectivity index (χ1) is 41.7. The first-order valence-electron chi connectivity index (χ1n) is 33.0. The van der Waals surface area contributed by atoms with Crippen molar-refractivity contribution in [2.45, 2.75) is 178 Å². The molecule has 0 spiro atoms. The van der Waals surface area contributed by atoms with E-state index in [0.717, 1.165) is 75.6 Å². The van der Waals surface area contributed by atoms with Crippen LogP contribution in [0.25, 0.3) is 86.6 Å². The minimum atomic E-state index is 0. The molecule has 4 aliphatic carbocycles. The van der Waals surface area contributed by atoms with Crippen LogP contribution in [0.15, 0.2) is 146 Å². The van der Waals surface area contributed by atoms with Gasteiger partial charge in [-0.25, -0.2) is 0 Å². The quantitative estimate of drug-likeness (QED) is 0.128. The number of fused-ring (bicyclic) bond motifs is 4. The molecule has 1 radical (unpaired) electrons. The van der Waals surface area contributed by atoms with Crippen molar-refractivity contribution in [1.82, 2.24) is 0 Å². The van der Waals surface area contributed by atoms with Crippen molar-refractivity contribution in [3.05, 3.63) is 167 Å². The molecule has 0 bridgehead atoms. The minimum Gasteiger partial charge on any atom is -0.681 e. The molecule has 0 amide bonds. The van der Waals surface area contributed by atoms with E-state index >= 15 is 0 Å². The van der Waals surface area contributed by atoms with Crippen molar-refractivity contribution in [2.75, 3.05) is 52.9 Å². The smallest absolute Gasteiger partial charge is 0.681 e. The fraction of sp³-hybridized carbons (Fsp3) is 0.474. The topological polar surface area (TPSA) is 93.3 Å². The molecule has 0 atom stereocenters. The van der Waals surface area contributed by atoms with Gasteiger partial charge in [-0.3, -0.25) is 0 Å². The molecule has 4 saturated carbocycles. The number of hydrogen-bond donors (Lipinski definition) is 0. The summed E-state index contributed by atoms with van der Waals surface area (Å²) in [7, 11) is 0. The van der Waals surface area contributed by atoms with Crippen molar-refractivity contribution < 1.29 is 84.7 Å². The van der Waals surface area contributed by atoms with Gasteiger partial charge in [0.25, 0.3) is 0 Å². The van der Waals surface area contributed by atoms with Crippen LogP contribution in [0.3, 0.4) is 0 Å². The van der Waals surface area contributed by atoms with Gasteiger partial charge in [-0.2, -0.15) is 0 Å². The molecule has 4 heterocycles. The Kier molecular flexibility index (Phi) is 27.8. The van der Waals surface area contributed by atoms with Crippen LogP contribution in [0.5, 0.6) is 0 Å². The van der Waals surface area contributed by atoms with E-state index in [2.05, 4.69) is 146 Å². The average Bonchev–Trinajstić information content (AvgIpc) is 1.09. The maximum Gasteiger partial charge on any atom is 3.00 e. The fourth-order valence-electron chi connectivity index (χ4n) is 13.5. The summed E-state index contributed by atoms with van der Waals surface area (Å²) in [5.41, 5.74) is 9.61. The molecule has 16 rings (SSSR count). The SMILES string of the molecule is C1CCOC1.C1CCOC1.C1CCOC1.C1CCOC1.[Li+].[Yb+3].c1ccc2c(-c3c([N-]C4CCCC4)ccc4ccccc34)c([N-]C3CCCC3)ccc2c1.c1ccc2c(-c3c([N-]C4CCCC4)ccc4ccccc34)c([N-]C3CCCC3)ccc2c1. The van der Waals surface area contributed by atoms with E-state index in [1.807, 2.05) is 0 Å². The predicted octanol–water partition coefficient (Wildman–Crippen LogP) is 19.3. The predicted molar refractivity (Wildman–Crippen MR) is 355 cm³/mol. The van der Waals surface area contributed by atoms with Gasteiger partial charge in [0.05, 0.1) is 0 Å². The van der Waals surface area contributed by atoms with Gasteiger partial charge in [-0.05, 0) is 117 Å². The number of rotatable bonds is 10. The Morgan fingerprint density at radius 3 is 0.593 bits per heavy atom. The monoisotopic (exact) mass is 1310 g/mol. The first kappa shape index (κ1) is 66.4. The van der Waals surface area contributed by atoms with Gasteiger partial charge in [-0.1, -0.05) is 248 Å². The van der Waals surface area contributed by atoms with Crippen molar-refractivity contribution in [2.24, 2.45) is 0 Å². The summed E-state index contributed by atoms with van der Waals surface area (Å²) in [5.74, 6) is 0. The van der Waals surface area contributed by atoms with Crippen LogP contribution in [0.4, 0.5) is 22.7 Å². The molecule has 4 aliphatic heterocycles. The molecule has 0 N–H and O–H groups in total. The summed E-state index contributed by atoms with van der Waals surface area (Å²) in [6, 6.07) is 54.8. The van der Waals surface area contributed by atoms with E-state index in [1.54, 1.807) is 0 Å². The summed E-state index contributed by atoms with van der Waals surface area (Å²) in [6.07, 6.45) is 30.3. The van der Waals surface area contributed by atoms with Gasteiger partial charge in [-0.15, -0.1) is 46.9 Å². The van der Waals surface area contributed by atoms with E-state index in [1.165, 1.54) is 219 Å². The Balaban J connectivity index is 0.000000152. The van der Waals surface area contributed by atoms with E-state index in [0.29, 0.717) is 24.2 Å². The van der Waals surface area contributed by atoms with Crippen LogP contribution in [0.1, 0.15) is 154 Å². The van der Waals surface area contributed by atoms with Crippen LogP contribution in [-0.2, 0) is 18.9 Å². The zero-order valence-corrected chi connectivity index (χ0v) is 53.2. The van der Waals surface area contributed by atoms with Crippen LogP contribution < -0.4 is 18.9 Å². The largest absolute Gasteiger partial charge is 3.00 e. The third kappa shape index (κ3) is 18.5. The standard InChI is InChI=1S/2C30H30N2.4C4H8O.Li.Yb/c2*1-7-15-25-21(9-1)17-19-27(31-23-11-3-4-12-23)29(25)30-26-16-8-2-10-22(26)18-20-28(30)32-24-13-5-6-14-24;4*1-2-4-5-3-1;;/h2*1-2,7-10,15-20,23-24H,3-6,11-14H2;4*1-4H2;;/q2*-2;;;;;+1;+3. The Hall–Kier alpha value is -4.04. The van der Waals surface area contributed by atoms with Gasteiger partial charge in [0, 0.05) is 52.9 Å². The van der Waals surface area contributed by atoms with Gasteiger partial charge in [0.15, 0.2) is 0 Å².